The van der Waals surface area contributed by atoms with E-state index in [4.69, 9.17) is 0 Å². The molecule has 2 aliphatic rings. The molecule has 1 unspecified atom stereocenters. The number of carbonyl (C=O) groups is 2. The lowest BCUT2D eigenvalue weighted by Crippen LogP contribution is -2.49. The molecule has 1 amide bonds. The maximum Gasteiger partial charge on any atom is 0.310 e. The Kier molecular flexibility index (Phi) is 3.71. The third-order valence-corrected chi connectivity index (χ3v) is 5.41. The zero-order chi connectivity index (χ0) is 15.8. The van der Waals surface area contributed by atoms with Gasteiger partial charge in [-0.3, -0.25) is 9.59 Å². The molecule has 1 fully saturated rings. The number of carboxylic acids is 1. The number of carboxylic acid groups (broad SMARTS) is 1. The molecule has 0 heterocycles. The van der Waals surface area contributed by atoms with E-state index in [2.05, 4.69) is 24.4 Å². The minimum absolute atomic E-state index is 0.0973. The second-order valence-electron chi connectivity index (χ2n) is 7.01. The molecule has 0 radical (unpaired) electrons. The highest BCUT2D eigenvalue weighted by Gasteiger charge is 2.46. The third-order valence-electron chi connectivity index (χ3n) is 5.41. The average molecular weight is 301 g/mol. The van der Waals surface area contributed by atoms with Crippen LogP contribution >= 0.6 is 0 Å². The Morgan fingerprint density at radius 1 is 1.18 bits per heavy atom. The number of aryl methyl sites for hydroxylation is 1. The smallest absolute Gasteiger partial charge is 0.310 e. The number of aliphatic carboxylic acids is 1. The molecule has 0 bridgehead atoms. The normalized spacial score (nSPS) is 25.7. The maximum atomic E-state index is 12.5. The SMILES string of the molecule is CC1(NC(=O)CC2(C(=O)O)CCC2)CCCc2ccccc21. The topological polar surface area (TPSA) is 66.4 Å². The van der Waals surface area contributed by atoms with Crippen LogP contribution in [0.5, 0.6) is 0 Å². The summed E-state index contributed by atoms with van der Waals surface area (Å²) in [5.74, 6) is -0.968. The Balaban J connectivity index is 1.75. The van der Waals surface area contributed by atoms with Gasteiger partial charge in [0.25, 0.3) is 0 Å². The number of hydrogen-bond donors (Lipinski definition) is 2. The van der Waals surface area contributed by atoms with E-state index in [-0.39, 0.29) is 17.9 Å². The highest BCUT2D eigenvalue weighted by Crippen LogP contribution is 2.44. The van der Waals surface area contributed by atoms with Crippen molar-refractivity contribution in [2.75, 3.05) is 0 Å². The largest absolute Gasteiger partial charge is 0.481 e. The molecule has 118 valence electrons. The van der Waals surface area contributed by atoms with Crippen molar-refractivity contribution in [3.05, 3.63) is 35.4 Å². The molecule has 0 aliphatic heterocycles. The standard InChI is InChI=1S/C18H23NO3/c1-17(9-4-7-13-6-2-3-8-14(13)17)19-15(20)12-18(16(21)22)10-5-11-18/h2-3,6,8H,4-5,7,9-12H2,1H3,(H,19,20)(H,21,22). The summed E-state index contributed by atoms with van der Waals surface area (Å²) >= 11 is 0. The molecule has 1 aromatic carbocycles. The summed E-state index contributed by atoms with van der Waals surface area (Å²) in [6.07, 6.45) is 5.21. The highest BCUT2D eigenvalue weighted by molar-refractivity contribution is 5.86. The van der Waals surface area contributed by atoms with Crippen LogP contribution in [0.4, 0.5) is 0 Å². The summed E-state index contributed by atoms with van der Waals surface area (Å²) in [6, 6.07) is 8.22. The van der Waals surface area contributed by atoms with E-state index in [9.17, 15) is 14.7 Å². The first-order valence-electron chi connectivity index (χ1n) is 8.08. The molecule has 3 rings (SSSR count). The Hall–Kier alpha value is -1.84. The molecular formula is C18H23NO3. The van der Waals surface area contributed by atoms with Crippen LogP contribution in [0.15, 0.2) is 24.3 Å². The quantitative estimate of drug-likeness (QED) is 0.898. The average Bonchev–Trinajstić information content (AvgIpc) is 2.43. The molecule has 0 saturated heterocycles. The van der Waals surface area contributed by atoms with Crippen molar-refractivity contribution in [1.82, 2.24) is 5.32 Å². The van der Waals surface area contributed by atoms with Crippen LogP contribution < -0.4 is 5.32 Å². The minimum atomic E-state index is -0.830. The number of amides is 1. The van der Waals surface area contributed by atoms with Gasteiger partial charge < -0.3 is 10.4 Å². The number of benzene rings is 1. The van der Waals surface area contributed by atoms with Crippen molar-refractivity contribution < 1.29 is 14.7 Å². The Bertz CT molecular complexity index is 606. The predicted octanol–water partition coefficient (Wildman–Crippen LogP) is 3.00. The molecule has 0 spiro atoms. The van der Waals surface area contributed by atoms with Gasteiger partial charge in [-0.05, 0) is 50.2 Å². The Morgan fingerprint density at radius 3 is 2.55 bits per heavy atom. The second kappa shape index (κ2) is 5.41. The first-order valence-corrected chi connectivity index (χ1v) is 8.08. The first kappa shape index (κ1) is 15.1. The number of rotatable bonds is 4. The fourth-order valence-electron chi connectivity index (χ4n) is 3.90. The van der Waals surface area contributed by atoms with E-state index in [0.717, 1.165) is 25.7 Å². The van der Waals surface area contributed by atoms with Crippen LogP contribution in [0.1, 0.15) is 56.6 Å². The lowest BCUT2D eigenvalue weighted by atomic mass is 9.66. The summed E-state index contributed by atoms with van der Waals surface area (Å²) in [6.45, 7) is 2.05. The molecule has 4 nitrogen and oxygen atoms in total. The molecular weight excluding hydrogens is 278 g/mol. The van der Waals surface area contributed by atoms with E-state index in [0.29, 0.717) is 12.8 Å². The zero-order valence-electron chi connectivity index (χ0n) is 13.0. The fraction of sp³-hybridized carbons (Fsp3) is 0.556. The highest BCUT2D eigenvalue weighted by atomic mass is 16.4. The molecule has 1 saturated carbocycles. The summed E-state index contributed by atoms with van der Waals surface area (Å²) in [5, 5.41) is 12.5. The molecule has 2 N–H and O–H groups in total. The Morgan fingerprint density at radius 2 is 1.91 bits per heavy atom. The van der Waals surface area contributed by atoms with Crippen LogP contribution in [0.25, 0.3) is 0 Å². The summed E-state index contributed by atoms with van der Waals surface area (Å²) < 4.78 is 0. The molecule has 0 aromatic heterocycles. The van der Waals surface area contributed by atoms with Crippen LogP contribution in [0, 0.1) is 5.41 Å². The molecule has 4 heteroatoms. The van der Waals surface area contributed by atoms with Crippen LogP contribution in [0.2, 0.25) is 0 Å². The lowest BCUT2D eigenvalue weighted by Gasteiger charge is -2.40. The van der Waals surface area contributed by atoms with Gasteiger partial charge in [-0.1, -0.05) is 30.7 Å². The van der Waals surface area contributed by atoms with Crippen molar-refractivity contribution in [1.29, 1.82) is 0 Å². The van der Waals surface area contributed by atoms with E-state index in [1.54, 1.807) is 0 Å². The van der Waals surface area contributed by atoms with Crippen molar-refractivity contribution in [3.63, 3.8) is 0 Å². The van der Waals surface area contributed by atoms with Gasteiger partial charge in [0.1, 0.15) is 0 Å². The van der Waals surface area contributed by atoms with Gasteiger partial charge in [0, 0.05) is 6.42 Å². The van der Waals surface area contributed by atoms with Crippen molar-refractivity contribution in [3.8, 4) is 0 Å². The van der Waals surface area contributed by atoms with Crippen LogP contribution in [-0.4, -0.2) is 17.0 Å². The van der Waals surface area contributed by atoms with Crippen LogP contribution in [0.3, 0.4) is 0 Å². The zero-order valence-corrected chi connectivity index (χ0v) is 13.0. The van der Waals surface area contributed by atoms with Crippen molar-refractivity contribution in [2.24, 2.45) is 5.41 Å². The van der Waals surface area contributed by atoms with Crippen LogP contribution in [-0.2, 0) is 21.5 Å². The molecule has 2 aliphatic carbocycles. The lowest BCUT2D eigenvalue weighted by molar-refractivity contribution is -0.158. The van der Waals surface area contributed by atoms with Crippen molar-refractivity contribution >= 4 is 11.9 Å². The van der Waals surface area contributed by atoms with E-state index in [1.807, 2.05) is 12.1 Å². The van der Waals surface area contributed by atoms with E-state index < -0.39 is 11.4 Å². The molecule has 22 heavy (non-hydrogen) atoms. The van der Waals surface area contributed by atoms with Crippen molar-refractivity contribution in [2.45, 2.75) is 57.4 Å². The number of fused-ring (bicyclic) bond motifs is 1. The number of hydrogen-bond acceptors (Lipinski definition) is 2. The van der Waals surface area contributed by atoms with Gasteiger partial charge in [0.15, 0.2) is 0 Å². The predicted molar refractivity (Wildman–Crippen MR) is 83.4 cm³/mol. The van der Waals surface area contributed by atoms with E-state index in [1.165, 1.54) is 11.1 Å². The third kappa shape index (κ3) is 2.51. The van der Waals surface area contributed by atoms with Gasteiger partial charge >= 0.3 is 5.97 Å². The van der Waals surface area contributed by atoms with Gasteiger partial charge in [-0.25, -0.2) is 0 Å². The van der Waals surface area contributed by atoms with Gasteiger partial charge in [-0.15, -0.1) is 0 Å². The summed E-state index contributed by atoms with van der Waals surface area (Å²) in [4.78, 5) is 23.9. The maximum absolute atomic E-state index is 12.5. The fourth-order valence-corrected chi connectivity index (χ4v) is 3.90. The molecule has 1 atom stereocenters. The first-order chi connectivity index (χ1) is 10.5. The monoisotopic (exact) mass is 301 g/mol. The summed E-state index contributed by atoms with van der Waals surface area (Å²) in [5.41, 5.74) is 1.25. The van der Waals surface area contributed by atoms with Gasteiger partial charge in [0.2, 0.25) is 5.91 Å². The number of nitrogens with one attached hydrogen (secondary N) is 1. The van der Waals surface area contributed by atoms with Gasteiger partial charge in [-0.2, -0.15) is 0 Å². The summed E-state index contributed by atoms with van der Waals surface area (Å²) in [7, 11) is 0. The Labute approximate surface area is 130 Å². The number of carbonyl (C=O) groups excluding carboxylic acids is 1. The minimum Gasteiger partial charge on any atom is -0.481 e. The molecule has 1 aromatic rings. The van der Waals surface area contributed by atoms with E-state index >= 15 is 0 Å². The van der Waals surface area contributed by atoms with Gasteiger partial charge in [0.05, 0.1) is 11.0 Å². The second-order valence-corrected chi connectivity index (χ2v) is 7.01.